The van der Waals surface area contributed by atoms with Crippen LogP contribution in [0.4, 0.5) is 0 Å². The predicted molar refractivity (Wildman–Crippen MR) is 72.7 cm³/mol. The quantitative estimate of drug-likeness (QED) is 0.834. The molecule has 0 unspecified atom stereocenters. The van der Waals surface area contributed by atoms with Gasteiger partial charge in [0, 0.05) is 12.1 Å². The van der Waals surface area contributed by atoms with Crippen molar-refractivity contribution < 1.29 is 9.90 Å². The van der Waals surface area contributed by atoms with Gasteiger partial charge in [0.2, 0.25) is 0 Å². The van der Waals surface area contributed by atoms with Gasteiger partial charge in [-0.05, 0) is 32.6 Å². The summed E-state index contributed by atoms with van der Waals surface area (Å²) in [5.74, 6) is -0.647. The van der Waals surface area contributed by atoms with Gasteiger partial charge >= 0.3 is 5.97 Å². The van der Waals surface area contributed by atoms with E-state index in [0.717, 1.165) is 0 Å². The number of nitrogens with zero attached hydrogens (tertiary/aromatic N) is 1. The molecule has 1 N–H and O–H groups in total. The van der Waals surface area contributed by atoms with Crippen LogP contribution in [0.2, 0.25) is 0 Å². The van der Waals surface area contributed by atoms with Crippen molar-refractivity contribution in [2.45, 2.75) is 89.3 Å². The highest BCUT2D eigenvalue weighted by Crippen LogP contribution is 2.31. The average molecular weight is 253 g/mol. The highest BCUT2D eigenvalue weighted by molar-refractivity contribution is 5.73. The third-order valence-corrected chi connectivity index (χ3v) is 4.80. The summed E-state index contributed by atoms with van der Waals surface area (Å²) in [6, 6.07) is 0.733. The van der Waals surface area contributed by atoms with Crippen LogP contribution in [0.1, 0.15) is 71.1 Å². The molecule has 18 heavy (non-hydrogen) atoms. The van der Waals surface area contributed by atoms with Gasteiger partial charge < -0.3 is 5.11 Å². The second-order valence-corrected chi connectivity index (χ2v) is 6.05. The van der Waals surface area contributed by atoms with E-state index in [1.54, 1.807) is 0 Å². The van der Waals surface area contributed by atoms with E-state index in [4.69, 9.17) is 0 Å². The van der Waals surface area contributed by atoms with E-state index >= 15 is 0 Å². The lowest BCUT2D eigenvalue weighted by Crippen LogP contribution is -2.52. The Bertz CT molecular complexity index is 250. The molecule has 0 saturated heterocycles. The monoisotopic (exact) mass is 253 g/mol. The fourth-order valence-electron chi connectivity index (χ4n) is 3.82. The molecule has 0 radical (unpaired) electrons. The molecule has 2 aliphatic carbocycles. The molecule has 0 amide bonds. The molecule has 0 aliphatic heterocycles. The van der Waals surface area contributed by atoms with Crippen LogP contribution in [0.5, 0.6) is 0 Å². The summed E-state index contributed by atoms with van der Waals surface area (Å²) in [4.78, 5) is 13.7. The average Bonchev–Trinajstić information content (AvgIpc) is 2.41. The van der Waals surface area contributed by atoms with Crippen LogP contribution in [0.3, 0.4) is 0 Å². The zero-order valence-electron chi connectivity index (χ0n) is 11.6. The first-order chi connectivity index (χ1) is 8.70. The minimum Gasteiger partial charge on any atom is -0.480 e. The fraction of sp³-hybridized carbons (Fsp3) is 0.933. The summed E-state index contributed by atoms with van der Waals surface area (Å²) in [6.45, 7) is 1.88. The van der Waals surface area contributed by atoms with E-state index in [2.05, 4.69) is 4.90 Å². The Morgan fingerprint density at radius 1 is 0.944 bits per heavy atom. The van der Waals surface area contributed by atoms with Gasteiger partial charge in [0.1, 0.15) is 6.04 Å². The summed E-state index contributed by atoms with van der Waals surface area (Å²) in [7, 11) is 0. The Morgan fingerprint density at radius 3 is 1.67 bits per heavy atom. The molecule has 0 aromatic carbocycles. The maximum atomic E-state index is 11.4. The second kappa shape index (κ2) is 6.55. The van der Waals surface area contributed by atoms with Crippen LogP contribution in [-0.2, 0) is 4.79 Å². The lowest BCUT2D eigenvalue weighted by molar-refractivity contribution is -0.145. The molecule has 2 rings (SSSR count). The lowest BCUT2D eigenvalue weighted by atomic mass is 9.87. The first kappa shape index (κ1) is 13.9. The highest BCUT2D eigenvalue weighted by atomic mass is 16.4. The zero-order valence-corrected chi connectivity index (χ0v) is 11.6. The van der Waals surface area contributed by atoms with Gasteiger partial charge in [0.05, 0.1) is 0 Å². The van der Waals surface area contributed by atoms with Crippen molar-refractivity contribution in [3.8, 4) is 0 Å². The summed E-state index contributed by atoms with van der Waals surface area (Å²) < 4.78 is 0. The standard InChI is InChI=1S/C15H27NO2/c1-12(15(17)18)16(13-8-4-2-5-9-13)14-10-6-3-7-11-14/h12-14H,2-11H2,1H3,(H,17,18)/t12-/m0/s1. The molecule has 1 atom stereocenters. The number of aliphatic carboxylic acids is 1. The fourth-order valence-corrected chi connectivity index (χ4v) is 3.82. The summed E-state index contributed by atoms with van der Waals surface area (Å²) in [5, 5.41) is 9.37. The largest absolute Gasteiger partial charge is 0.480 e. The van der Waals surface area contributed by atoms with Crippen LogP contribution in [0.15, 0.2) is 0 Å². The van der Waals surface area contributed by atoms with Gasteiger partial charge in [0.25, 0.3) is 0 Å². The summed E-state index contributed by atoms with van der Waals surface area (Å²) in [5.41, 5.74) is 0. The van der Waals surface area contributed by atoms with Gasteiger partial charge in [-0.3, -0.25) is 9.69 Å². The summed E-state index contributed by atoms with van der Waals surface area (Å²) >= 11 is 0. The Hall–Kier alpha value is -0.570. The number of hydrogen-bond acceptors (Lipinski definition) is 2. The number of carboxylic acids is 1. The van der Waals surface area contributed by atoms with Crippen molar-refractivity contribution in [1.29, 1.82) is 0 Å². The molecule has 2 saturated carbocycles. The second-order valence-electron chi connectivity index (χ2n) is 6.05. The molecule has 2 aliphatic rings. The highest BCUT2D eigenvalue weighted by Gasteiger charge is 2.34. The van der Waals surface area contributed by atoms with Crippen molar-refractivity contribution in [2.75, 3.05) is 0 Å². The van der Waals surface area contributed by atoms with E-state index < -0.39 is 5.97 Å². The van der Waals surface area contributed by atoms with Crippen LogP contribution in [0, 0.1) is 0 Å². The van der Waals surface area contributed by atoms with E-state index in [9.17, 15) is 9.90 Å². The molecule has 0 aromatic rings. The molecule has 2 fully saturated rings. The van der Waals surface area contributed by atoms with Crippen LogP contribution in [-0.4, -0.2) is 34.1 Å². The molecule has 3 nitrogen and oxygen atoms in total. The van der Waals surface area contributed by atoms with E-state index in [0.29, 0.717) is 12.1 Å². The molecule has 3 heteroatoms. The van der Waals surface area contributed by atoms with Gasteiger partial charge in [0.15, 0.2) is 0 Å². The van der Waals surface area contributed by atoms with Crippen LogP contribution in [0.25, 0.3) is 0 Å². The Kier molecular flexibility index (Phi) is 5.04. The van der Waals surface area contributed by atoms with Crippen molar-refractivity contribution in [2.24, 2.45) is 0 Å². The van der Waals surface area contributed by atoms with Gasteiger partial charge in [-0.1, -0.05) is 38.5 Å². The lowest BCUT2D eigenvalue weighted by Gasteiger charge is -2.43. The van der Waals surface area contributed by atoms with Crippen molar-refractivity contribution in [3.63, 3.8) is 0 Å². The van der Waals surface area contributed by atoms with E-state index in [-0.39, 0.29) is 6.04 Å². The molecule has 104 valence electrons. The number of rotatable bonds is 4. The third kappa shape index (κ3) is 3.25. The Morgan fingerprint density at radius 2 is 1.33 bits per heavy atom. The first-order valence-electron chi connectivity index (χ1n) is 7.70. The van der Waals surface area contributed by atoms with Gasteiger partial charge in [-0.2, -0.15) is 0 Å². The van der Waals surface area contributed by atoms with Gasteiger partial charge in [-0.25, -0.2) is 0 Å². The van der Waals surface area contributed by atoms with Crippen molar-refractivity contribution >= 4 is 5.97 Å². The summed E-state index contributed by atoms with van der Waals surface area (Å²) in [6.07, 6.45) is 12.6. The number of carbonyl (C=O) groups is 1. The molecule has 0 bridgehead atoms. The number of carboxylic acid groups (broad SMARTS) is 1. The Labute approximate surface area is 111 Å². The Balaban J connectivity index is 2.07. The van der Waals surface area contributed by atoms with Crippen LogP contribution >= 0.6 is 0 Å². The smallest absolute Gasteiger partial charge is 0.320 e. The molecule has 0 spiro atoms. The van der Waals surface area contributed by atoms with Crippen LogP contribution < -0.4 is 0 Å². The van der Waals surface area contributed by atoms with E-state index in [1.807, 2.05) is 6.92 Å². The predicted octanol–water partition coefficient (Wildman–Crippen LogP) is 3.43. The molecular formula is C15H27NO2. The minimum atomic E-state index is -0.647. The topological polar surface area (TPSA) is 40.5 Å². The molecule has 0 aromatic heterocycles. The molecular weight excluding hydrogens is 226 g/mol. The van der Waals surface area contributed by atoms with Gasteiger partial charge in [-0.15, -0.1) is 0 Å². The number of hydrogen-bond donors (Lipinski definition) is 1. The minimum absolute atomic E-state index is 0.309. The zero-order chi connectivity index (χ0) is 13.0. The van der Waals surface area contributed by atoms with E-state index in [1.165, 1.54) is 64.2 Å². The third-order valence-electron chi connectivity index (χ3n) is 4.80. The normalized spacial score (nSPS) is 25.2. The van der Waals surface area contributed by atoms with Crippen molar-refractivity contribution in [3.05, 3.63) is 0 Å². The molecule has 0 heterocycles. The maximum absolute atomic E-state index is 11.4. The first-order valence-corrected chi connectivity index (χ1v) is 7.70. The maximum Gasteiger partial charge on any atom is 0.320 e. The SMILES string of the molecule is C[C@@H](C(=O)O)N(C1CCCCC1)C1CCCCC1. The van der Waals surface area contributed by atoms with Crippen molar-refractivity contribution in [1.82, 2.24) is 4.90 Å².